The molecule has 7 unspecified atom stereocenters. The Morgan fingerprint density at radius 2 is 2.04 bits per heavy atom. The van der Waals surface area contributed by atoms with Crippen LogP contribution in [-0.2, 0) is 28.6 Å². The van der Waals surface area contributed by atoms with E-state index in [-0.39, 0.29) is 35.7 Å². The van der Waals surface area contributed by atoms with Gasteiger partial charge in [0, 0.05) is 30.6 Å². The zero-order valence-corrected chi connectivity index (χ0v) is 16.6. The molecule has 2 aliphatic carbocycles. The molecule has 6 heteroatoms. The largest absolute Gasteiger partial charge is 0.458 e. The van der Waals surface area contributed by atoms with Crippen molar-refractivity contribution in [3.63, 3.8) is 0 Å². The molecule has 1 aliphatic heterocycles. The molecular formula is C21H28O6. The summed E-state index contributed by atoms with van der Waals surface area (Å²) in [6, 6.07) is 0. The number of esters is 2. The van der Waals surface area contributed by atoms with Crippen LogP contribution >= 0.6 is 0 Å². The van der Waals surface area contributed by atoms with E-state index in [0.717, 1.165) is 0 Å². The van der Waals surface area contributed by atoms with Crippen molar-refractivity contribution in [3.8, 4) is 0 Å². The van der Waals surface area contributed by atoms with Crippen molar-refractivity contribution in [3.05, 3.63) is 23.8 Å². The quantitative estimate of drug-likeness (QED) is 0.556. The first-order valence-electron chi connectivity index (χ1n) is 9.46. The highest BCUT2D eigenvalue weighted by molar-refractivity contribution is 5.94. The van der Waals surface area contributed by atoms with Crippen LogP contribution < -0.4 is 0 Å². The lowest BCUT2D eigenvalue weighted by molar-refractivity contribution is -0.162. The Hall–Kier alpha value is -1.95. The molecule has 0 aromatic carbocycles. The summed E-state index contributed by atoms with van der Waals surface area (Å²) in [6.07, 6.45) is 1.02. The number of rotatable bonds is 3. The molecule has 1 heterocycles. The predicted octanol–water partition coefficient (Wildman–Crippen LogP) is 2.61. The number of allylic oxidation sites excluding steroid dienone is 1. The molecule has 3 fully saturated rings. The summed E-state index contributed by atoms with van der Waals surface area (Å²) in [5.41, 5.74) is -0.229. The number of fused-ring (bicyclic) bond motifs is 2. The summed E-state index contributed by atoms with van der Waals surface area (Å²) in [5.74, 6) is -1.56. The number of carbonyl (C=O) groups is 3. The Bertz CT molecular complexity index is 722. The molecule has 0 amide bonds. The van der Waals surface area contributed by atoms with Gasteiger partial charge in [-0.2, -0.15) is 0 Å². The van der Waals surface area contributed by atoms with Crippen LogP contribution in [0.1, 0.15) is 40.5 Å². The monoisotopic (exact) mass is 376 g/mol. The second-order valence-electron chi connectivity index (χ2n) is 8.22. The maximum Gasteiger partial charge on any atom is 0.334 e. The SMILES string of the molecule is C=C1C(=O)OC2CC(C)C3C(OC)CC(=O)C3(C)C(OC(=O)C(C)=CC)C12. The maximum atomic E-state index is 13.2. The Morgan fingerprint density at radius 1 is 1.37 bits per heavy atom. The van der Waals surface area contributed by atoms with Gasteiger partial charge in [-0.1, -0.05) is 19.6 Å². The van der Waals surface area contributed by atoms with E-state index in [1.807, 2.05) is 13.8 Å². The number of ketones is 1. The molecule has 0 spiro atoms. The second kappa shape index (κ2) is 6.89. The minimum absolute atomic E-state index is 0.00469. The fourth-order valence-corrected chi connectivity index (χ4v) is 5.26. The summed E-state index contributed by atoms with van der Waals surface area (Å²) in [4.78, 5) is 38.0. The molecule has 1 saturated heterocycles. The Labute approximate surface area is 159 Å². The van der Waals surface area contributed by atoms with E-state index in [9.17, 15) is 14.4 Å². The Morgan fingerprint density at radius 3 is 2.63 bits per heavy atom. The van der Waals surface area contributed by atoms with E-state index in [1.165, 1.54) is 0 Å². The minimum atomic E-state index is -0.958. The number of Topliss-reactive ketones (excluding diaryl/α,β-unsaturated/α-hetero) is 1. The number of hydrogen-bond donors (Lipinski definition) is 0. The molecule has 7 atom stereocenters. The van der Waals surface area contributed by atoms with Crippen LogP contribution in [0.2, 0.25) is 0 Å². The number of ether oxygens (including phenoxy) is 3. The third-order valence-corrected chi connectivity index (χ3v) is 6.83. The van der Waals surface area contributed by atoms with Crippen molar-refractivity contribution in [2.24, 2.45) is 23.2 Å². The van der Waals surface area contributed by atoms with Crippen LogP contribution in [0.15, 0.2) is 23.8 Å². The van der Waals surface area contributed by atoms with E-state index in [2.05, 4.69) is 6.58 Å². The van der Waals surface area contributed by atoms with E-state index in [4.69, 9.17) is 14.2 Å². The molecule has 0 bridgehead atoms. The lowest BCUT2D eigenvalue weighted by Crippen LogP contribution is -2.50. The molecule has 27 heavy (non-hydrogen) atoms. The smallest absolute Gasteiger partial charge is 0.334 e. The fraction of sp³-hybridized carbons (Fsp3) is 0.667. The average Bonchev–Trinajstić information content (AvgIpc) is 3.02. The van der Waals surface area contributed by atoms with Crippen LogP contribution in [-0.4, -0.2) is 43.1 Å². The van der Waals surface area contributed by atoms with Crippen molar-refractivity contribution in [2.75, 3.05) is 7.11 Å². The molecule has 0 radical (unpaired) electrons. The number of methoxy groups -OCH3 is 1. The fourth-order valence-electron chi connectivity index (χ4n) is 5.26. The van der Waals surface area contributed by atoms with Gasteiger partial charge in [0.05, 0.1) is 17.4 Å². The van der Waals surface area contributed by atoms with Gasteiger partial charge in [-0.05, 0) is 33.1 Å². The van der Waals surface area contributed by atoms with E-state index in [1.54, 1.807) is 27.0 Å². The number of carbonyl (C=O) groups excluding carboxylic acids is 3. The van der Waals surface area contributed by atoms with Gasteiger partial charge in [0.2, 0.25) is 0 Å². The lowest BCUT2D eigenvalue weighted by Gasteiger charge is -2.40. The molecule has 2 saturated carbocycles. The van der Waals surface area contributed by atoms with Crippen molar-refractivity contribution in [2.45, 2.75) is 58.8 Å². The van der Waals surface area contributed by atoms with Crippen molar-refractivity contribution < 1.29 is 28.6 Å². The van der Waals surface area contributed by atoms with Gasteiger partial charge < -0.3 is 14.2 Å². The normalized spacial score (nSPS) is 41.7. The van der Waals surface area contributed by atoms with Crippen LogP contribution in [0.25, 0.3) is 0 Å². The minimum Gasteiger partial charge on any atom is -0.458 e. The maximum absolute atomic E-state index is 13.2. The molecule has 148 valence electrons. The highest BCUT2D eigenvalue weighted by Crippen LogP contribution is 2.57. The third-order valence-electron chi connectivity index (χ3n) is 6.83. The van der Waals surface area contributed by atoms with Crippen LogP contribution in [0.3, 0.4) is 0 Å². The molecule has 6 nitrogen and oxygen atoms in total. The predicted molar refractivity (Wildman–Crippen MR) is 97.6 cm³/mol. The zero-order chi connectivity index (χ0) is 20.1. The van der Waals surface area contributed by atoms with E-state index in [0.29, 0.717) is 12.0 Å². The van der Waals surface area contributed by atoms with Gasteiger partial charge in [0.25, 0.3) is 0 Å². The molecule has 3 aliphatic rings. The first-order chi connectivity index (χ1) is 12.7. The average molecular weight is 376 g/mol. The van der Waals surface area contributed by atoms with Crippen molar-refractivity contribution in [1.29, 1.82) is 0 Å². The summed E-state index contributed by atoms with van der Waals surface area (Å²) in [6.45, 7) is 11.2. The highest BCUT2D eigenvalue weighted by atomic mass is 16.6. The van der Waals surface area contributed by atoms with E-state index >= 15 is 0 Å². The summed E-state index contributed by atoms with van der Waals surface area (Å²) >= 11 is 0. The number of hydrogen-bond acceptors (Lipinski definition) is 6. The first-order valence-corrected chi connectivity index (χ1v) is 9.46. The summed E-state index contributed by atoms with van der Waals surface area (Å²) in [5, 5.41) is 0. The molecule has 0 N–H and O–H groups in total. The third kappa shape index (κ3) is 2.85. The van der Waals surface area contributed by atoms with Gasteiger partial charge in [0.15, 0.2) is 0 Å². The first kappa shape index (κ1) is 19.8. The summed E-state index contributed by atoms with van der Waals surface area (Å²) in [7, 11) is 1.60. The summed E-state index contributed by atoms with van der Waals surface area (Å²) < 4.78 is 17.1. The lowest BCUT2D eigenvalue weighted by atomic mass is 9.67. The van der Waals surface area contributed by atoms with E-state index < -0.39 is 35.5 Å². The standard InChI is InChI=1S/C21H28O6/c1-7-10(2)19(23)27-18-16-12(4)20(24)26-13(16)8-11(3)17-14(25-6)9-15(22)21(17,18)5/h7,11,13-14,16-18H,4,8-9H2,1-3,5-6H3. The topological polar surface area (TPSA) is 78.9 Å². The van der Waals surface area contributed by atoms with Crippen molar-refractivity contribution >= 4 is 17.7 Å². The second-order valence-corrected chi connectivity index (χ2v) is 8.22. The Balaban J connectivity index is 2.12. The van der Waals surface area contributed by atoms with Crippen molar-refractivity contribution in [1.82, 2.24) is 0 Å². The molecule has 0 aromatic heterocycles. The van der Waals surface area contributed by atoms with Gasteiger partial charge in [-0.15, -0.1) is 0 Å². The molecule has 0 aromatic rings. The highest BCUT2D eigenvalue weighted by Gasteiger charge is 2.66. The van der Waals surface area contributed by atoms with Crippen LogP contribution in [0, 0.1) is 23.2 Å². The Kier molecular flexibility index (Phi) is 5.06. The molecular weight excluding hydrogens is 348 g/mol. The van der Waals surface area contributed by atoms with Gasteiger partial charge in [-0.25, -0.2) is 9.59 Å². The van der Waals surface area contributed by atoms with Crippen LogP contribution in [0.4, 0.5) is 0 Å². The van der Waals surface area contributed by atoms with Gasteiger partial charge in [-0.3, -0.25) is 4.79 Å². The van der Waals surface area contributed by atoms with Gasteiger partial charge in [0.1, 0.15) is 18.0 Å². The zero-order valence-electron chi connectivity index (χ0n) is 16.6. The molecule has 3 rings (SSSR count). The van der Waals surface area contributed by atoms with Gasteiger partial charge >= 0.3 is 11.9 Å². The van der Waals surface area contributed by atoms with Crippen LogP contribution in [0.5, 0.6) is 0 Å².